The lowest BCUT2D eigenvalue weighted by atomic mass is 9.43. The summed E-state index contributed by atoms with van der Waals surface area (Å²) in [4.78, 5) is 11.8. The lowest BCUT2D eigenvalue weighted by Gasteiger charge is -2.63. The van der Waals surface area contributed by atoms with Crippen LogP contribution in [0.3, 0.4) is 0 Å². The largest absolute Gasteiger partial charge is 0.458 e. The van der Waals surface area contributed by atoms with Crippen molar-refractivity contribution in [2.75, 3.05) is 13.7 Å². The van der Waals surface area contributed by atoms with E-state index in [2.05, 4.69) is 19.9 Å². The Labute approximate surface area is 225 Å². The Morgan fingerprint density at radius 1 is 1.05 bits per heavy atom. The maximum Gasteiger partial charge on any atom is 0.331 e. The van der Waals surface area contributed by atoms with Crippen LogP contribution in [0.15, 0.2) is 23.3 Å². The minimum absolute atomic E-state index is 0.0206. The fraction of sp³-hybridized carbons (Fsp3) is 0.833. The number of cyclic esters (lactones) is 1. The number of rotatable bonds is 4. The third kappa shape index (κ3) is 3.81. The smallest absolute Gasteiger partial charge is 0.331 e. The molecule has 0 aromatic carbocycles. The summed E-state index contributed by atoms with van der Waals surface area (Å²) >= 11 is 0. The summed E-state index contributed by atoms with van der Waals surface area (Å²) in [5, 5.41) is 33.4. The molecule has 3 N–H and O–H groups in total. The summed E-state index contributed by atoms with van der Waals surface area (Å²) in [5.41, 5.74) is 1.03. The zero-order valence-corrected chi connectivity index (χ0v) is 23.1. The van der Waals surface area contributed by atoms with Gasteiger partial charge in [-0.2, -0.15) is 0 Å². The van der Waals surface area contributed by atoms with Crippen molar-refractivity contribution in [1.29, 1.82) is 0 Å². The van der Waals surface area contributed by atoms with E-state index in [1.54, 1.807) is 13.0 Å². The molecule has 0 radical (unpaired) electrons. The van der Waals surface area contributed by atoms with E-state index in [1.165, 1.54) is 7.11 Å². The second kappa shape index (κ2) is 9.38. The van der Waals surface area contributed by atoms with Crippen LogP contribution in [0, 0.1) is 28.6 Å². The van der Waals surface area contributed by atoms with Crippen LogP contribution in [-0.4, -0.2) is 77.4 Å². The average molecular weight is 533 g/mol. The van der Waals surface area contributed by atoms with Gasteiger partial charge in [0.25, 0.3) is 0 Å². The Hall–Kier alpha value is -1.29. The molecule has 212 valence electrons. The number of aliphatic hydroxyl groups excluding tert-OH is 2. The van der Waals surface area contributed by atoms with E-state index in [0.29, 0.717) is 24.9 Å². The molecule has 6 aliphatic rings. The van der Waals surface area contributed by atoms with Crippen LogP contribution in [0.25, 0.3) is 0 Å². The molecule has 6 rings (SSSR count). The number of fused-ring (bicyclic) bond motifs is 5. The highest BCUT2D eigenvalue weighted by Crippen LogP contribution is 2.68. The first kappa shape index (κ1) is 26.9. The summed E-state index contributed by atoms with van der Waals surface area (Å²) in [6, 6.07) is 0. The van der Waals surface area contributed by atoms with Gasteiger partial charge in [-0.25, -0.2) is 4.79 Å². The Morgan fingerprint density at radius 2 is 1.84 bits per heavy atom. The molecule has 2 aliphatic heterocycles. The summed E-state index contributed by atoms with van der Waals surface area (Å²) in [5.74, 6) is 0.860. The Bertz CT molecular complexity index is 1020. The van der Waals surface area contributed by atoms with Gasteiger partial charge in [-0.15, -0.1) is 0 Å². The van der Waals surface area contributed by atoms with Gasteiger partial charge in [0, 0.05) is 24.2 Å². The highest BCUT2D eigenvalue weighted by atomic mass is 16.7. The van der Waals surface area contributed by atoms with Crippen molar-refractivity contribution >= 4 is 5.97 Å². The third-order valence-electron chi connectivity index (χ3n) is 11.8. The molecule has 0 amide bonds. The zero-order valence-electron chi connectivity index (χ0n) is 23.1. The molecule has 1 saturated heterocycles. The maximum absolute atomic E-state index is 12.4. The number of esters is 1. The van der Waals surface area contributed by atoms with Crippen LogP contribution in [0.2, 0.25) is 0 Å². The standard InChI is InChI=1S/C30H44O8/c1-16-24(32)26(35-4)25(33)27(37-16)38-19-7-10-28(2)18(14-19)5-6-22-21(28)8-11-29(3)20(9-12-30(22,29)34)17-13-23(31)36-15-17/h9,13,16,18-19,21-22,24-27,32-34H,5-8,10-12,14-15H2,1-4H3/t16-,18-,19+,21-,22-,24-,25+,26+,27-,28+,29-,30+/m1/s1. The maximum atomic E-state index is 12.4. The van der Waals surface area contributed by atoms with Crippen LogP contribution in [0.4, 0.5) is 0 Å². The first-order chi connectivity index (χ1) is 18.0. The van der Waals surface area contributed by atoms with Gasteiger partial charge in [0.05, 0.1) is 17.8 Å². The molecular formula is C30H44O8. The fourth-order valence-corrected chi connectivity index (χ4v) is 9.47. The Morgan fingerprint density at radius 3 is 2.55 bits per heavy atom. The van der Waals surface area contributed by atoms with Crippen molar-refractivity contribution < 1.29 is 39.1 Å². The molecule has 4 fully saturated rings. The highest BCUT2D eigenvalue weighted by molar-refractivity contribution is 5.86. The number of hydrogen-bond donors (Lipinski definition) is 3. The van der Waals surface area contributed by atoms with Gasteiger partial charge in [0.2, 0.25) is 0 Å². The van der Waals surface area contributed by atoms with Crippen molar-refractivity contribution in [2.45, 2.75) is 115 Å². The van der Waals surface area contributed by atoms with Crippen molar-refractivity contribution in [1.82, 2.24) is 0 Å². The first-order valence-corrected chi connectivity index (χ1v) is 14.5. The molecule has 8 heteroatoms. The van der Waals surface area contributed by atoms with E-state index in [1.807, 2.05) is 0 Å². The number of carbonyl (C=O) groups excluding carboxylic acids is 1. The van der Waals surface area contributed by atoms with Crippen molar-refractivity contribution in [3.8, 4) is 0 Å². The SMILES string of the molecule is CO[C@@H]1[C@H](O)[C@@H](O[C@H]2CC[C@@]3(C)[C@H](CC[C@@H]4[C@H]3CC[C@]3(C)C(C5=CC(=O)OC5)=CC[C@]43O)C2)O[C@H](C)[C@H]1O. The first-order valence-electron chi connectivity index (χ1n) is 14.5. The zero-order chi connectivity index (χ0) is 27.0. The van der Waals surface area contributed by atoms with Gasteiger partial charge in [-0.1, -0.05) is 19.9 Å². The number of carbonyl (C=O) groups is 1. The minimum Gasteiger partial charge on any atom is -0.458 e. The molecule has 0 aromatic rings. The van der Waals surface area contributed by atoms with Crippen LogP contribution < -0.4 is 0 Å². The van der Waals surface area contributed by atoms with Gasteiger partial charge in [-0.05, 0) is 87.0 Å². The van der Waals surface area contributed by atoms with E-state index in [4.69, 9.17) is 18.9 Å². The van der Waals surface area contributed by atoms with E-state index >= 15 is 0 Å². The van der Waals surface area contributed by atoms with Gasteiger partial charge in [0.1, 0.15) is 24.9 Å². The molecule has 0 spiro atoms. The van der Waals surface area contributed by atoms with Gasteiger partial charge < -0.3 is 34.3 Å². The number of aliphatic hydroxyl groups is 3. The average Bonchev–Trinajstić information content (AvgIpc) is 3.43. The van der Waals surface area contributed by atoms with Crippen LogP contribution in [0.5, 0.6) is 0 Å². The monoisotopic (exact) mass is 532 g/mol. The lowest BCUT2D eigenvalue weighted by Crippen LogP contribution is -2.62. The molecule has 8 nitrogen and oxygen atoms in total. The molecule has 12 atom stereocenters. The number of methoxy groups -OCH3 is 1. The second-order valence-corrected chi connectivity index (χ2v) is 13.3. The highest BCUT2D eigenvalue weighted by Gasteiger charge is 2.66. The molecule has 0 unspecified atom stereocenters. The fourth-order valence-electron chi connectivity index (χ4n) is 9.47. The number of ether oxygens (including phenoxy) is 4. The van der Waals surface area contributed by atoms with Crippen molar-refractivity contribution in [2.24, 2.45) is 28.6 Å². The van der Waals surface area contributed by atoms with Crippen LogP contribution in [-0.2, 0) is 23.7 Å². The molecule has 0 aromatic heterocycles. The molecule has 4 aliphatic carbocycles. The number of hydrogen-bond acceptors (Lipinski definition) is 8. The Balaban J connectivity index is 1.16. The van der Waals surface area contributed by atoms with Crippen molar-refractivity contribution in [3.05, 3.63) is 23.3 Å². The summed E-state index contributed by atoms with van der Waals surface area (Å²) in [6.45, 7) is 6.72. The molecule has 2 heterocycles. The third-order valence-corrected chi connectivity index (χ3v) is 11.8. The van der Waals surface area contributed by atoms with Gasteiger partial charge in [-0.3, -0.25) is 0 Å². The quantitative estimate of drug-likeness (QED) is 0.374. The van der Waals surface area contributed by atoms with Crippen molar-refractivity contribution in [3.63, 3.8) is 0 Å². The molecule has 3 saturated carbocycles. The van der Waals surface area contributed by atoms with Gasteiger partial charge >= 0.3 is 5.97 Å². The van der Waals surface area contributed by atoms with E-state index in [9.17, 15) is 20.1 Å². The topological polar surface area (TPSA) is 115 Å². The summed E-state index contributed by atoms with van der Waals surface area (Å²) < 4.78 is 22.8. The minimum atomic E-state index is -1.04. The van der Waals surface area contributed by atoms with Crippen LogP contribution in [0.1, 0.15) is 72.1 Å². The normalized spacial score (nSPS) is 52.4. The lowest BCUT2D eigenvalue weighted by molar-refractivity contribution is -0.313. The summed E-state index contributed by atoms with van der Waals surface area (Å²) in [7, 11) is 1.49. The molecule has 38 heavy (non-hydrogen) atoms. The molecular weight excluding hydrogens is 488 g/mol. The second-order valence-electron chi connectivity index (χ2n) is 13.3. The predicted octanol–water partition coefficient (Wildman–Crippen LogP) is 3.03. The summed E-state index contributed by atoms with van der Waals surface area (Å²) in [6.07, 6.45) is 7.23. The Kier molecular flexibility index (Phi) is 6.64. The van der Waals surface area contributed by atoms with E-state index < -0.39 is 36.3 Å². The van der Waals surface area contributed by atoms with E-state index in [0.717, 1.165) is 56.1 Å². The van der Waals surface area contributed by atoms with Gasteiger partial charge in [0.15, 0.2) is 6.29 Å². The van der Waals surface area contributed by atoms with E-state index in [-0.39, 0.29) is 28.8 Å². The van der Waals surface area contributed by atoms with Crippen LogP contribution >= 0.6 is 0 Å². The molecule has 0 bridgehead atoms. The predicted molar refractivity (Wildman–Crippen MR) is 138 cm³/mol.